The summed E-state index contributed by atoms with van der Waals surface area (Å²) in [5, 5.41) is 6.95. The third kappa shape index (κ3) is 7.96. The van der Waals surface area contributed by atoms with E-state index in [9.17, 15) is 4.79 Å². The monoisotopic (exact) mass is 573 g/mol. The molecule has 2 fully saturated rings. The first kappa shape index (κ1) is 27.6. The van der Waals surface area contributed by atoms with E-state index in [0.717, 1.165) is 76.1 Å². The summed E-state index contributed by atoms with van der Waals surface area (Å²) in [6.45, 7) is 11.1. The second kappa shape index (κ2) is 13.9. The van der Waals surface area contributed by atoms with Crippen LogP contribution in [0.3, 0.4) is 0 Å². The minimum atomic E-state index is -0.195. The lowest BCUT2D eigenvalue weighted by Gasteiger charge is -2.37. The fourth-order valence-electron chi connectivity index (χ4n) is 4.53. The highest BCUT2D eigenvalue weighted by Crippen LogP contribution is 2.24. The lowest BCUT2D eigenvalue weighted by molar-refractivity contribution is -0.122. The van der Waals surface area contributed by atoms with Crippen LogP contribution >= 0.6 is 24.0 Å². The molecule has 9 nitrogen and oxygen atoms in total. The maximum absolute atomic E-state index is 11.5. The summed E-state index contributed by atoms with van der Waals surface area (Å²) in [5.41, 5.74) is 6.59. The molecule has 0 aromatic carbocycles. The zero-order valence-corrected chi connectivity index (χ0v) is 22.5. The van der Waals surface area contributed by atoms with E-state index in [1.807, 2.05) is 12.3 Å². The van der Waals surface area contributed by atoms with E-state index >= 15 is 0 Å². The number of anilines is 1. The molecule has 2 saturated heterocycles. The van der Waals surface area contributed by atoms with E-state index in [2.05, 4.69) is 50.3 Å². The number of nitrogens with one attached hydrogen (secondary N) is 2. The zero-order chi connectivity index (χ0) is 22.9. The van der Waals surface area contributed by atoms with Crippen LogP contribution in [0, 0.1) is 11.8 Å². The van der Waals surface area contributed by atoms with Crippen LogP contribution in [-0.4, -0.2) is 80.8 Å². The average molecular weight is 574 g/mol. The molecule has 1 unspecified atom stereocenters. The molecule has 1 aromatic rings. The van der Waals surface area contributed by atoms with Gasteiger partial charge in [-0.2, -0.15) is 0 Å². The van der Waals surface area contributed by atoms with Crippen molar-refractivity contribution in [3.63, 3.8) is 0 Å². The number of hydrogen-bond donors (Lipinski definition) is 3. The van der Waals surface area contributed by atoms with Crippen molar-refractivity contribution in [3.8, 4) is 0 Å². The molecule has 4 N–H and O–H groups in total. The number of primary amides is 1. The normalized spacial score (nSPS) is 19.2. The summed E-state index contributed by atoms with van der Waals surface area (Å²) >= 11 is 0. The van der Waals surface area contributed by atoms with Crippen LogP contribution in [0.4, 0.5) is 5.82 Å². The first-order chi connectivity index (χ1) is 15.5. The number of rotatable bonds is 8. The van der Waals surface area contributed by atoms with Crippen molar-refractivity contribution in [2.75, 3.05) is 57.9 Å². The number of morpholine rings is 1. The maximum Gasteiger partial charge on any atom is 0.220 e. The van der Waals surface area contributed by atoms with Gasteiger partial charge >= 0.3 is 0 Å². The van der Waals surface area contributed by atoms with Crippen LogP contribution < -0.4 is 21.3 Å². The summed E-state index contributed by atoms with van der Waals surface area (Å²) in [4.78, 5) is 25.3. The molecular formula is C23H40IN7O2. The predicted molar refractivity (Wildman–Crippen MR) is 143 cm³/mol. The molecule has 0 radical (unpaired) electrons. The van der Waals surface area contributed by atoms with Gasteiger partial charge in [-0.3, -0.25) is 14.7 Å². The maximum atomic E-state index is 11.5. The summed E-state index contributed by atoms with van der Waals surface area (Å²) in [6, 6.07) is 4.48. The molecule has 1 amide bonds. The van der Waals surface area contributed by atoms with Crippen LogP contribution in [0.25, 0.3) is 0 Å². The molecule has 10 heteroatoms. The fourth-order valence-corrected chi connectivity index (χ4v) is 4.53. The highest BCUT2D eigenvalue weighted by atomic mass is 127. The van der Waals surface area contributed by atoms with Crippen LogP contribution in [-0.2, 0) is 16.1 Å². The molecule has 3 heterocycles. The largest absolute Gasteiger partial charge is 0.379 e. The van der Waals surface area contributed by atoms with Crippen molar-refractivity contribution in [3.05, 3.63) is 23.9 Å². The third-order valence-corrected chi connectivity index (χ3v) is 6.50. The molecule has 1 aromatic heterocycles. The highest BCUT2D eigenvalue weighted by molar-refractivity contribution is 14.0. The molecule has 1 atom stereocenters. The van der Waals surface area contributed by atoms with E-state index in [1.54, 1.807) is 7.05 Å². The van der Waals surface area contributed by atoms with Gasteiger partial charge in [0.05, 0.1) is 13.2 Å². The Kier molecular flexibility index (Phi) is 11.6. The second-order valence-electron chi connectivity index (χ2n) is 8.92. The molecule has 186 valence electrons. The van der Waals surface area contributed by atoms with Crippen molar-refractivity contribution in [1.82, 2.24) is 20.5 Å². The standard InChI is InChI=1S/C23H39N7O2.HI/c1-17(2)20(29-11-13-32-14-12-29)16-28-23(25-3)27-15-19-5-4-8-26-22(19)30-9-6-18(7-10-30)21(24)31;/h4-5,8,17-18,20H,6-7,9-16H2,1-3H3,(H2,24,31)(H2,25,27,28);1H. The molecule has 2 aliphatic heterocycles. The lowest BCUT2D eigenvalue weighted by Crippen LogP contribution is -2.52. The third-order valence-electron chi connectivity index (χ3n) is 6.50. The fraction of sp³-hybridized carbons (Fsp3) is 0.696. The number of hydrogen-bond acceptors (Lipinski definition) is 6. The molecule has 0 aliphatic carbocycles. The molecule has 0 saturated carbocycles. The number of amides is 1. The minimum absolute atomic E-state index is 0. The molecular weight excluding hydrogens is 533 g/mol. The average Bonchev–Trinajstić information content (AvgIpc) is 2.82. The second-order valence-corrected chi connectivity index (χ2v) is 8.92. The number of guanidine groups is 1. The van der Waals surface area contributed by atoms with Crippen LogP contribution in [0.1, 0.15) is 32.3 Å². The Morgan fingerprint density at radius 3 is 2.55 bits per heavy atom. The number of pyridine rings is 1. The summed E-state index contributed by atoms with van der Waals surface area (Å²) in [6.07, 6.45) is 3.38. The number of nitrogens with two attached hydrogens (primary N) is 1. The quantitative estimate of drug-likeness (QED) is 0.245. The first-order valence-corrected chi connectivity index (χ1v) is 11.7. The predicted octanol–water partition coefficient (Wildman–Crippen LogP) is 1.42. The van der Waals surface area contributed by atoms with E-state index in [4.69, 9.17) is 10.5 Å². The summed E-state index contributed by atoms with van der Waals surface area (Å²) in [5.74, 6) is 2.06. The number of nitrogens with zero attached hydrogens (tertiary/aromatic N) is 4. The molecule has 33 heavy (non-hydrogen) atoms. The molecule has 3 rings (SSSR count). The Bertz CT molecular complexity index is 763. The number of piperidine rings is 1. The smallest absolute Gasteiger partial charge is 0.220 e. The number of aliphatic imine (C=N–C) groups is 1. The van der Waals surface area contributed by atoms with Gasteiger partial charge < -0.3 is 26.0 Å². The SMILES string of the molecule is CN=C(NCc1cccnc1N1CCC(C(N)=O)CC1)NCC(C(C)C)N1CCOCC1.I. The van der Waals surface area contributed by atoms with Gasteiger partial charge in [0.15, 0.2) is 5.96 Å². The number of ether oxygens (including phenoxy) is 1. The Morgan fingerprint density at radius 2 is 1.94 bits per heavy atom. The summed E-state index contributed by atoms with van der Waals surface area (Å²) < 4.78 is 5.51. The van der Waals surface area contributed by atoms with E-state index in [1.165, 1.54) is 0 Å². The van der Waals surface area contributed by atoms with Crippen molar-refractivity contribution in [2.24, 2.45) is 22.6 Å². The van der Waals surface area contributed by atoms with Crippen molar-refractivity contribution >= 4 is 41.7 Å². The van der Waals surface area contributed by atoms with Crippen molar-refractivity contribution < 1.29 is 9.53 Å². The van der Waals surface area contributed by atoms with Gasteiger partial charge in [0.2, 0.25) is 5.91 Å². The van der Waals surface area contributed by atoms with Crippen LogP contribution in [0.2, 0.25) is 0 Å². The number of carbonyl (C=O) groups is 1. The summed E-state index contributed by atoms with van der Waals surface area (Å²) in [7, 11) is 1.80. The number of aromatic nitrogens is 1. The van der Waals surface area contributed by atoms with E-state index in [0.29, 0.717) is 18.5 Å². The number of halogens is 1. The zero-order valence-electron chi connectivity index (χ0n) is 20.1. The van der Waals surface area contributed by atoms with Crippen LogP contribution in [0.15, 0.2) is 23.3 Å². The topological polar surface area (TPSA) is 108 Å². The Balaban J connectivity index is 0.00000385. The highest BCUT2D eigenvalue weighted by Gasteiger charge is 2.26. The van der Waals surface area contributed by atoms with Gasteiger partial charge in [0.25, 0.3) is 0 Å². The van der Waals surface area contributed by atoms with Crippen molar-refractivity contribution in [1.29, 1.82) is 0 Å². The lowest BCUT2D eigenvalue weighted by atomic mass is 9.96. The minimum Gasteiger partial charge on any atom is -0.379 e. The first-order valence-electron chi connectivity index (χ1n) is 11.7. The van der Waals surface area contributed by atoms with Gasteiger partial charge in [0, 0.05) is 70.0 Å². The Labute approximate surface area is 214 Å². The van der Waals surface area contributed by atoms with Crippen LogP contribution in [0.5, 0.6) is 0 Å². The Morgan fingerprint density at radius 1 is 1.24 bits per heavy atom. The van der Waals surface area contributed by atoms with Crippen molar-refractivity contribution in [2.45, 2.75) is 39.3 Å². The Hall–Kier alpha value is -1.66. The van der Waals surface area contributed by atoms with Gasteiger partial charge in [0.1, 0.15) is 5.82 Å². The van der Waals surface area contributed by atoms with Gasteiger partial charge in [-0.05, 0) is 24.8 Å². The van der Waals surface area contributed by atoms with Gasteiger partial charge in [-0.1, -0.05) is 19.9 Å². The van der Waals surface area contributed by atoms with E-state index < -0.39 is 0 Å². The molecule has 2 aliphatic rings. The number of carbonyl (C=O) groups excluding carboxylic acids is 1. The molecule has 0 bridgehead atoms. The van der Waals surface area contributed by atoms with Gasteiger partial charge in [-0.15, -0.1) is 24.0 Å². The van der Waals surface area contributed by atoms with Gasteiger partial charge in [-0.25, -0.2) is 4.98 Å². The van der Waals surface area contributed by atoms with E-state index in [-0.39, 0.29) is 35.8 Å². The molecule has 0 spiro atoms.